The number of benzene rings is 1. The summed E-state index contributed by atoms with van der Waals surface area (Å²) in [6, 6.07) is 8.34. The molecule has 1 aromatic rings. The van der Waals surface area contributed by atoms with Crippen molar-refractivity contribution in [1.82, 2.24) is 10.2 Å². The number of nitrogens with zero attached hydrogens (tertiary/aromatic N) is 1. The lowest BCUT2D eigenvalue weighted by Gasteiger charge is -2.30. The van der Waals surface area contributed by atoms with Gasteiger partial charge < -0.3 is 10.1 Å². The first kappa shape index (κ1) is 18.5. The Kier molecular flexibility index (Phi) is 6.79. The van der Waals surface area contributed by atoms with E-state index in [1.165, 1.54) is 12.7 Å². The molecular weight excluding hydrogens is 304 g/mol. The van der Waals surface area contributed by atoms with E-state index in [-0.39, 0.29) is 23.8 Å². The van der Waals surface area contributed by atoms with Crippen LogP contribution in [0.4, 0.5) is 0 Å². The van der Waals surface area contributed by atoms with E-state index < -0.39 is 0 Å². The maximum absolute atomic E-state index is 12.3. The first-order valence-corrected chi connectivity index (χ1v) is 8.69. The fourth-order valence-corrected chi connectivity index (χ4v) is 3.16. The molecule has 0 bridgehead atoms. The Bertz CT molecular complexity index is 548. The van der Waals surface area contributed by atoms with E-state index in [2.05, 4.69) is 48.3 Å². The number of hydrogen-bond donors (Lipinski definition) is 1. The number of carbonyl (C=O) groups is 2. The fraction of sp³-hybridized carbons (Fsp3) is 0.579. The van der Waals surface area contributed by atoms with E-state index in [9.17, 15) is 9.59 Å². The number of rotatable bonds is 6. The third kappa shape index (κ3) is 5.06. The Morgan fingerprint density at radius 2 is 1.88 bits per heavy atom. The molecule has 0 radical (unpaired) electrons. The lowest BCUT2D eigenvalue weighted by atomic mass is 9.97. The number of methoxy groups -OCH3 is 1. The maximum atomic E-state index is 12.3. The van der Waals surface area contributed by atoms with Crippen LogP contribution in [0.15, 0.2) is 24.3 Å². The average molecular weight is 332 g/mol. The first-order valence-electron chi connectivity index (χ1n) is 8.69. The number of amides is 1. The van der Waals surface area contributed by atoms with Gasteiger partial charge >= 0.3 is 5.97 Å². The minimum absolute atomic E-state index is 0.0229. The number of hydrogen-bond acceptors (Lipinski definition) is 4. The largest absolute Gasteiger partial charge is 0.469 e. The molecule has 1 aliphatic rings. The molecule has 2 rings (SSSR count). The SMILES string of the molecule is CC[C@@H](NC(=O)CN1CCC(C(=O)OC)CC1)c1ccc(C)cc1. The van der Waals surface area contributed by atoms with Crippen LogP contribution in [-0.4, -0.2) is 43.5 Å². The molecule has 1 fully saturated rings. The number of aryl methyl sites for hydroxylation is 1. The van der Waals surface area contributed by atoms with Crippen LogP contribution < -0.4 is 5.32 Å². The summed E-state index contributed by atoms with van der Waals surface area (Å²) in [5.74, 6) is -0.117. The summed E-state index contributed by atoms with van der Waals surface area (Å²) < 4.78 is 4.79. The van der Waals surface area contributed by atoms with E-state index in [1.54, 1.807) is 0 Å². The van der Waals surface area contributed by atoms with Crippen molar-refractivity contribution in [2.75, 3.05) is 26.7 Å². The predicted octanol–water partition coefficient (Wildman–Crippen LogP) is 2.45. The van der Waals surface area contributed by atoms with Gasteiger partial charge in [0.2, 0.25) is 5.91 Å². The summed E-state index contributed by atoms with van der Waals surface area (Å²) in [7, 11) is 1.43. The highest BCUT2D eigenvalue weighted by Crippen LogP contribution is 2.19. The second-order valence-corrected chi connectivity index (χ2v) is 6.51. The average Bonchev–Trinajstić information content (AvgIpc) is 2.60. The second-order valence-electron chi connectivity index (χ2n) is 6.51. The molecule has 0 unspecified atom stereocenters. The van der Waals surface area contributed by atoms with Crippen molar-refractivity contribution in [3.05, 3.63) is 35.4 Å². The van der Waals surface area contributed by atoms with E-state index in [1.807, 2.05) is 0 Å². The van der Waals surface area contributed by atoms with Gasteiger partial charge in [-0.05, 0) is 44.8 Å². The minimum Gasteiger partial charge on any atom is -0.469 e. The predicted molar refractivity (Wildman–Crippen MR) is 93.5 cm³/mol. The molecule has 1 amide bonds. The van der Waals surface area contributed by atoms with Gasteiger partial charge in [0, 0.05) is 0 Å². The van der Waals surface area contributed by atoms with Crippen LogP contribution in [0, 0.1) is 12.8 Å². The second kappa shape index (κ2) is 8.83. The molecule has 1 N–H and O–H groups in total. The van der Waals surface area contributed by atoms with Crippen molar-refractivity contribution in [3.63, 3.8) is 0 Å². The molecule has 0 aliphatic carbocycles. The molecule has 132 valence electrons. The van der Waals surface area contributed by atoms with Gasteiger partial charge in [0.25, 0.3) is 0 Å². The van der Waals surface area contributed by atoms with Gasteiger partial charge in [0.05, 0.1) is 25.6 Å². The van der Waals surface area contributed by atoms with Gasteiger partial charge in [-0.2, -0.15) is 0 Å². The van der Waals surface area contributed by atoms with Crippen molar-refractivity contribution >= 4 is 11.9 Å². The third-order valence-corrected chi connectivity index (χ3v) is 4.71. The normalized spacial score (nSPS) is 17.3. The van der Waals surface area contributed by atoms with E-state index in [0.29, 0.717) is 6.54 Å². The van der Waals surface area contributed by atoms with Crippen LogP contribution in [0.2, 0.25) is 0 Å². The molecule has 1 aliphatic heterocycles. The zero-order valence-electron chi connectivity index (χ0n) is 14.9. The highest BCUT2D eigenvalue weighted by molar-refractivity contribution is 5.78. The Balaban J connectivity index is 1.82. The topological polar surface area (TPSA) is 58.6 Å². The van der Waals surface area contributed by atoms with Crippen LogP contribution in [-0.2, 0) is 14.3 Å². The number of piperidine rings is 1. The number of likely N-dealkylation sites (tertiary alicyclic amines) is 1. The van der Waals surface area contributed by atoms with Gasteiger partial charge in [-0.15, -0.1) is 0 Å². The molecule has 5 nitrogen and oxygen atoms in total. The summed E-state index contributed by atoms with van der Waals surface area (Å²) in [6.07, 6.45) is 2.38. The molecule has 0 spiro atoms. The zero-order valence-corrected chi connectivity index (χ0v) is 14.9. The lowest BCUT2D eigenvalue weighted by Crippen LogP contribution is -2.43. The smallest absolute Gasteiger partial charge is 0.308 e. The minimum atomic E-state index is -0.135. The molecule has 1 heterocycles. The summed E-state index contributed by atoms with van der Waals surface area (Å²) >= 11 is 0. The van der Waals surface area contributed by atoms with Crippen LogP contribution in [0.1, 0.15) is 43.4 Å². The first-order chi connectivity index (χ1) is 11.5. The van der Waals surface area contributed by atoms with Gasteiger partial charge in [-0.1, -0.05) is 36.8 Å². The molecule has 5 heteroatoms. The van der Waals surface area contributed by atoms with Gasteiger partial charge in [-0.25, -0.2) is 0 Å². The molecule has 1 atom stereocenters. The van der Waals surface area contributed by atoms with Crippen molar-refractivity contribution in [2.24, 2.45) is 5.92 Å². The number of nitrogens with one attached hydrogen (secondary N) is 1. The monoisotopic (exact) mass is 332 g/mol. The van der Waals surface area contributed by atoms with Crippen LogP contribution >= 0.6 is 0 Å². The summed E-state index contributed by atoms with van der Waals surface area (Å²) in [6.45, 7) is 6.03. The molecule has 1 aromatic carbocycles. The number of carbonyl (C=O) groups excluding carboxylic acids is 2. The van der Waals surface area contributed by atoms with E-state index in [4.69, 9.17) is 4.74 Å². The third-order valence-electron chi connectivity index (χ3n) is 4.71. The highest BCUT2D eigenvalue weighted by Gasteiger charge is 2.26. The van der Waals surface area contributed by atoms with E-state index in [0.717, 1.165) is 37.9 Å². The standard InChI is InChI=1S/C19H28N2O3/c1-4-17(15-7-5-14(2)6-8-15)20-18(22)13-21-11-9-16(10-12-21)19(23)24-3/h5-8,16-17H,4,9-13H2,1-3H3,(H,20,22)/t17-/m1/s1. The maximum Gasteiger partial charge on any atom is 0.308 e. The number of ether oxygens (including phenoxy) is 1. The highest BCUT2D eigenvalue weighted by atomic mass is 16.5. The van der Waals surface area contributed by atoms with Crippen molar-refractivity contribution in [3.8, 4) is 0 Å². The summed E-state index contributed by atoms with van der Waals surface area (Å²) in [4.78, 5) is 26.0. The number of esters is 1. The van der Waals surface area contributed by atoms with Crippen LogP contribution in [0.3, 0.4) is 0 Å². The van der Waals surface area contributed by atoms with Crippen LogP contribution in [0.25, 0.3) is 0 Å². The Labute approximate surface area is 144 Å². The van der Waals surface area contributed by atoms with Gasteiger partial charge in [0.15, 0.2) is 0 Å². The summed E-state index contributed by atoms with van der Waals surface area (Å²) in [5, 5.41) is 3.12. The Morgan fingerprint density at radius 3 is 2.42 bits per heavy atom. The molecule has 0 saturated carbocycles. The Morgan fingerprint density at radius 1 is 1.25 bits per heavy atom. The lowest BCUT2D eigenvalue weighted by molar-refractivity contribution is -0.147. The molecular formula is C19H28N2O3. The van der Waals surface area contributed by atoms with E-state index >= 15 is 0 Å². The summed E-state index contributed by atoms with van der Waals surface area (Å²) in [5.41, 5.74) is 2.36. The van der Waals surface area contributed by atoms with Crippen molar-refractivity contribution < 1.29 is 14.3 Å². The Hall–Kier alpha value is -1.88. The molecule has 24 heavy (non-hydrogen) atoms. The molecule has 0 aromatic heterocycles. The van der Waals surface area contributed by atoms with Gasteiger partial charge in [-0.3, -0.25) is 14.5 Å². The quantitative estimate of drug-likeness (QED) is 0.813. The van der Waals surface area contributed by atoms with Gasteiger partial charge in [0.1, 0.15) is 0 Å². The molecule has 1 saturated heterocycles. The van der Waals surface area contributed by atoms with Crippen molar-refractivity contribution in [1.29, 1.82) is 0 Å². The fourth-order valence-electron chi connectivity index (χ4n) is 3.16. The zero-order chi connectivity index (χ0) is 17.5. The van der Waals surface area contributed by atoms with Crippen molar-refractivity contribution in [2.45, 2.75) is 39.2 Å². The van der Waals surface area contributed by atoms with Crippen LogP contribution in [0.5, 0.6) is 0 Å².